The fourth-order valence-electron chi connectivity index (χ4n) is 2.08. The third kappa shape index (κ3) is 4.82. The number of nitro groups is 1. The Bertz CT molecular complexity index is 786. The van der Waals surface area contributed by atoms with Crippen LogP contribution in [-0.4, -0.2) is 29.5 Å². The monoisotopic (exact) mass is 362 g/mol. The second-order valence-electron chi connectivity index (χ2n) is 5.22. The number of nitrogens with one attached hydrogen (secondary N) is 1. The molecule has 1 atom stereocenters. The molecule has 138 valence electrons. The molecule has 0 aliphatic carbocycles. The summed E-state index contributed by atoms with van der Waals surface area (Å²) in [5, 5.41) is 13.7. The van der Waals surface area contributed by atoms with Gasteiger partial charge in [-0.25, -0.2) is 4.79 Å². The summed E-state index contributed by atoms with van der Waals surface area (Å²) in [5.41, 5.74) is -0.401. The Morgan fingerprint density at radius 3 is 2.73 bits per heavy atom. The zero-order chi connectivity index (χ0) is 19.1. The van der Waals surface area contributed by atoms with Crippen molar-refractivity contribution >= 4 is 17.6 Å². The molecular formula is C17H18N2O7. The fraction of sp³-hybridized carbons (Fsp3) is 0.294. The number of hydrogen-bond donors (Lipinski definition) is 1. The normalized spacial score (nSPS) is 11.5. The van der Waals surface area contributed by atoms with Gasteiger partial charge in [0, 0.05) is 6.07 Å². The van der Waals surface area contributed by atoms with Crippen molar-refractivity contribution in [3.05, 3.63) is 58.0 Å². The molecule has 0 saturated carbocycles. The predicted octanol–water partition coefficient (Wildman–Crippen LogP) is 2.45. The summed E-state index contributed by atoms with van der Waals surface area (Å²) < 4.78 is 15.3. The Kier molecular flexibility index (Phi) is 6.31. The molecule has 1 aromatic carbocycles. The van der Waals surface area contributed by atoms with Crippen molar-refractivity contribution in [2.45, 2.75) is 26.5 Å². The lowest BCUT2D eigenvalue weighted by atomic mass is 10.2. The maximum atomic E-state index is 12.2. The number of ether oxygens (including phenoxy) is 2. The van der Waals surface area contributed by atoms with Gasteiger partial charge < -0.3 is 19.2 Å². The molecule has 0 aliphatic heterocycles. The number of amides is 1. The summed E-state index contributed by atoms with van der Waals surface area (Å²) in [6.07, 6.45) is 0.395. The number of benzene rings is 1. The molecule has 1 N–H and O–H groups in total. The zero-order valence-electron chi connectivity index (χ0n) is 14.3. The summed E-state index contributed by atoms with van der Waals surface area (Å²) in [5.74, 6) is -0.760. The average Bonchev–Trinajstić information content (AvgIpc) is 3.13. The van der Waals surface area contributed by atoms with Crippen molar-refractivity contribution < 1.29 is 28.4 Å². The van der Waals surface area contributed by atoms with Gasteiger partial charge in [-0.2, -0.15) is 0 Å². The number of carbonyl (C=O) groups is 2. The summed E-state index contributed by atoms with van der Waals surface area (Å²) >= 11 is 0. The van der Waals surface area contributed by atoms with Crippen molar-refractivity contribution in [2.75, 3.05) is 6.61 Å². The van der Waals surface area contributed by atoms with Gasteiger partial charge in [0.25, 0.3) is 5.91 Å². The van der Waals surface area contributed by atoms with Crippen molar-refractivity contribution in [1.29, 1.82) is 0 Å². The number of furan rings is 1. The van der Waals surface area contributed by atoms with Crippen LogP contribution in [0.1, 0.15) is 30.0 Å². The number of nitrogens with zero attached hydrogens (tertiary/aromatic N) is 1. The molecule has 0 bridgehead atoms. The number of carbonyl (C=O) groups excluding carboxylic acids is 2. The molecule has 1 amide bonds. The lowest BCUT2D eigenvalue weighted by Gasteiger charge is -2.13. The maximum Gasteiger partial charge on any atom is 0.339 e. The second-order valence-corrected chi connectivity index (χ2v) is 5.22. The molecule has 0 radical (unpaired) electrons. The van der Waals surface area contributed by atoms with Gasteiger partial charge in [-0.15, -0.1) is 0 Å². The van der Waals surface area contributed by atoms with Crippen molar-refractivity contribution in [3.63, 3.8) is 0 Å². The van der Waals surface area contributed by atoms with E-state index in [1.54, 1.807) is 19.1 Å². The molecule has 0 aliphatic rings. The van der Waals surface area contributed by atoms with E-state index in [1.165, 1.54) is 25.3 Å². The summed E-state index contributed by atoms with van der Waals surface area (Å²) in [7, 11) is 0. The Labute approximate surface area is 149 Å². The number of rotatable bonds is 8. The summed E-state index contributed by atoms with van der Waals surface area (Å²) in [4.78, 5) is 34.6. The van der Waals surface area contributed by atoms with E-state index in [1.807, 2.05) is 0 Å². The first-order valence-electron chi connectivity index (χ1n) is 7.84. The Balaban J connectivity index is 2.00. The van der Waals surface area contributed by atoms with Gasteiger partial charge in [-0.05, 0) is 38.1 Å². The standard InChI is InChI=1S/C17H18N2O7/c1-3-24-15-7-6-12(9-14(15)19(22)23)17(21)26-11(2)16(20)18-10-13-5-4-8-25-13/h4-9,11H,3,10H2,1-2H3,(H,18,20)/t11-/m1/s1. The van der Waals surface area contributed by atoms with Gasteiger partial charge in [0.05, 0.1) is 29.9 Å². The lowest BCUT2D eigenvalue weighted by Crippen LogP contribution is -2.35. The molecule has 0 unspecified atom stereocenters. The number of esters is 1. The van der Waals surface area contributed by atoms with E-state index < -0.39 is 22.9 Å². The van der Waals surface area contributed by atoms with Crippen LogP contribution in [0, 0.1) is 10.1 Å². The highest BCUT2D eigenvalue weighted by atomic mass is 16.6. The highest BCUT2D eigenvalue weighted by Gasteiger charge is 2.23. The first-order valence-corrected chi connectivity index (χ1v) is 7.84. The zero-order valence-corrected chi connectivity index (χ0v) is 14.3. The van der Waals surface area contributed by atoms with Gasteiger partial charge >= 0.3 is 11.7 Å². The van der Waals surface area contributed by atoms with Crippen LogP contribution in [0.5, 0.6) is 5.75 Å². The minimum atomic E-state index is -1.08. The molecule has 9 nitrogen and oxygen atoms in total. The van der Waals surface area contributed by atoms with Crippen LogP contribution < -0.4 is 10.1 Å². The minimum Gasteiger partial charge on any atom is -0.487 e. The van der Waals surface area contributed by atoms with Gasteiger partial charge in [0.1, 0.15) is 5.76 Å². The van der Waals surface area contributed by atoms with Crippen molar-refractivity contribution in [1.82, 2.24) is 5.32 Å². The average molecular weight is 362 g/mol. The van der Waals surface area contributed by atoms with Crippen molar-refractivity contribution in [3.8, 4) is 5.75 Å². The third-order valence-corrected chi connectivity index (χ3v) is 3.36. The van der Waals surface area contributed by atoms with E-state index in [0.717, 1.165) is 6.07 Å². The molecule has 9 heteroatoms. The van der Waals surface area contributed by atoms with Gasteiger partial charge in [0.15, 0.2) is 11.9 Å². The number of nitro benzene ring substituents is 1. The second kappa shape index (κ2) is 8.65. The molecular weight excluding hydrogens is 344 g/mol. The lowest BCUT2D eigenvalue weighted by molar-refractivity contribution is -0.385. The van der Waals surface area contributed by atoms with E-state index >= 15 is 0 Å². The molecule has 1 heterocycles. The topological polar surface area (TPSA) is 121 Å². The Morgan fingerprint density at radius 1 is 1.35 bits per heavy atom. The summed E-state index contributed by atoms with van der Waals surface area (Å²) in [6, 6.07) is 7.09. The molecule has 0 fully saturated rings. The first kappa shape index (κ1) is 19.0. The van der Waals surface area contributed by atoms with Crippen LogP contribution in [0.25, 0.3) is 0 Å². The van der Waals surface area contributed by atoms with Crippen molar-refractivity contribution in [2.24, 2.45) is 0 Å². The smallest absolute Gasteiger partial charge is 0.339 e. The molecule has 26 heavy (non-hydrogen) atoms. The highest BCUT2D eigenvalue weighted by molar-refractivity contribution is 5.93. The highest BCUT2D eigenvalue weighted by Crippen LogP contribution is 2.28. The predicted molar refractivity (Wildman–Crippen MR) is 89.7 cm³/mol. The fourth-order valence-corrected chi connectivity index (χ4v) is 2.08. The first-order chi connectivity index (χ1) is 12.4. The molecule has 0 saturated heterocycles. The number of hydrogen-bond acceptors (Lipinski definition) is 7. The van der Waals surface area contributed by atoms with E-state index in [2.05, 4.69) is 5.32 Å². The van der Waals surface area contributed by atoms with E-state index in [9.17, 15) is 19.7 Å². The quantitative estimate of drug-likeness (QED) is 0.435. The molecule has 0 spiro atoms. The van der Waals surface area contributed by atoms with Crippen LogP contribution in [-0.2, 0) is 16.1 Å². The van der Waals surface area contributed by atoms with Crippen LogP contribution in [0.3, 0.4) is 0 Å². The molecule has 2 aromatic rings. The Hall–Kier alpha value is -3.36. The van der Waals surface area contributed by atoms with Crippen LogP contribution in [0.15, 0.2) is 41.0 Å². The van der Waals surface area contributed by atoms with E-state index in [-0.39, 0.29) is 30.2 Å². The van der Waals surface area contributed by atoms with E-state index in [4.69, 9.17) is 13.9 Å². The van der Waals surface area contributed by atoms with Crippen LogP contribution in [0.4, 0.5) is 5.69 Å². The SMILES string of the molecule is CCOc1ccc(C(=O)O[C@H](C)C(=O)NCc2ccco2)cc1[N+](=O)[O-]. The molecule has 2 rings (SSSR count). The summed E-state index contributed by atoms with van der Waals surface area (Å²) in [6.45, 7) is 3.49. The largest absolute Gasteiger partial charge is 0.487 e. The van der Waals surface area contributed by atoms with Gasteiger partial charge in [0.2, 0.25) is 0 Å². The van der Waals surface area contributed by atoms with Crippen LogP contribution in [0.2, 0.25) is 0 Å². The Morgan fingerprint density at radius 2 is 2.12 bits per heavy atom. The van der Waals surface area contributed by atoms with Gasteiger partial charge in [-0.3, -0.25) is 14.9 Å². The van der Waals surface area contributed by atoms with Gasteiger partial charge in [-0.1, -0.05) is 0 Å². The minimum absolute atomic E-state index is 0.0502. The maximum absolute atomic E-state index is 12.2. The molecule has 1 aromatic heterocycles. The van der Waals surface area contributed by atoms with Crippen LogP contribution >= 0.6 is 0 Å². The van der Waals surface area contributed by atoms with E-state index in [0.29, 0.717) is 5.76 Å². The third-order valence-electron chi connectivity index (χ3n) is 3.36.